The van der Waals surface area contributed by atoms with Crippen LogP contribution in [0.25, 0.3) is 5.69 Å². The van der Waals surface area contributed by atoms with E-state index < -0.39 is 5.54 Å². The highest BCUT2D eigenvalue weighted by molar-refractivity contribution is 6.30. The average Bonchev–Trinajstić information content (AvgIpc) is 2.88. The van der Waals surface area contributed by atoms with Gasteiger partial charge in [0.2, 0.25) is 0 Å². The van der Waals surface area contributed by atoms with Crippen LogP contribution >= 0.6 is 24.0 Å². The molecule has 1 unspecified atom stereocenters. The number of rotatable bonds is 5. The first-order valence-electron chi connectivity index (χ1n) is 7.61. The highest BCUT2D eigenvalue weighted by Gasteiger charge is 2.30. The maximum atomic E-state index is 12.6. The molecule has 0 spiro atoms. The summed E-state index contributed by atoms with van der Waals surface area (Å²) in [5.74, 6) is 0.0529. The molecule has 2 rings (SSSR count). The van der Waals surface area contributed by atoms with Gasteiger partial charge in [-0.1, -0.05) is 31.5 Å². The first-order chi connectivity index (χ1) is 10.8. The van der Waals surface area contributed by atoms with Crippen molar-refractivity contribution in [2.45, 2.75) is 33.2 Å². The topological polar surface area (TPSA) is 72.9 Å². The predicted molar refractivity (Wildman–Crippen MR) is 100 cm³/mol. The Balaban J connectivity index is 0.00000288. The van der Waals surface area contributed by atoms with Crippen molar-refractivity contribution in [3.8, 4) is 5.69 Å². The van der Waals surface area contributed by atoms with Gasteiger partial charge in [0.25, 0.3) is 5.91 Å². The summed E-state index contributed by atoms with van der Waals surface area (Å²) < 4.78 is 1.70. The van der Waals surface area contributed by atoms with Gasteiger partial charge in [0, 0.05) is 11.6 Å². The monoisotopic (exact) mass is 370 g/mol. The smallest absolute Gasteiger partial charge is 0.255 e. The molecule has 0 aliphatic carbocycles. The van der Waals surface area contributed by atoms with Crippen LogP contribution in [0.15, 0.2) is 30.5 Å². The minimum absolute atomic E-state index is 0. The van der Waals surface area contributed by atoms with Crippen molar-refractivity contribution in [3.63, 3.8) is 0 Å². The maximum absolute atomic E-state index is 12.6. The van der Waals surface area contributed by atoms with E-state index in [1.165, 1.54) is 0 Å². The molecule has 0 saturated heterocycles. The number of nitrogens with zero attached hydrogens (tertiary/aromatic N) is 2. The van der Waals surface area contributed by atoms with Crippen LogP contribution in [0.3, 0.4) is 0 Å². The molecule has 7 heteroatoms. The Labute approximate surface area is 154 Å². The highest BCUT2D eigenvalue weighted by Crippen LogP contribution is 2.20. The van der Waals surface area contributed by atoms with Gasteiger partial charge in [0.15, 0.2) is 0 Å². The zero-order valence-electron chi connectivity index (χ0n) is 14.3. The zero-order valence-corrected chi connectivity index (χ0v) is 15.9. The summed E-state index contributed by atoms with van der Waals surface area (Å²) in [6.07, 6.45) is 1.57. The lowest BCUT2D eigenvalue weighted by Crippen LogP contribution is -2.55. The quantitative estimate of drug-likeness (QED) is 0.847. The summed E-state index contributed by atoms with van der Waals surface area (Å²) in [5.41, 5.74) is 7.49. The Bertz CT molecular complexity index is 714. The maximum Gasteiger partial charge on any atom is 0.255 e. The van der Waals surface area contributed by atoms with Gasteiger partial charge in [-0.25, -0.2) is 4.68 Å². The molecule has 1 amide bonds. The summed E-state index contributed by atoms with van der Waals surface area (Å²) in [7, 11) is 0. The van der Waals surface area contributed by atoms with Gasteiger partial charge in [0.1, 0.15) is 0 Å². The van der Waals surface area contributed by atoms with E-state index in [9.17, 15) is 4.79 Å². The molecule has 24 heavy (non-hydrogen) atoms. The van der Waals surface area contributed by atoms with Crippen LogP contribution in [0.5, 0.6) is 0 Å². The van der Waals surface area contributed by atoms with Gasteiger partial charge < -0.3 is 11.1 Å². The molecular weight excluding hydrogens is 347 g/mol. The lowest BCUT2D eigenvalue weighted by molar-refractivity contribution is 0.0882. The normalized spacial score (nSPS) is 13.3. The van der Waals surface area contributed by atoms with Crippen molar-refractivity contribution >= 4 is 29.9 Å². The molecule has 1 atom stereocenters. The lowest BCUT2D eigenvalue weighted by atomic mass is 9.88. The highest BCUT2D eigenvalue weighted by atomic mass is 35.5. The fourth-order valence-corrected chi connectivity index (χ4v) is 2.44. The second kappa shape index (κ2) is 8.01. The minimum Gasteiger partial charge on any atom is -0.345 e. The third-order valence-corrected chi connectivity index (χ3v) is 4.64. The number of aromatic nitrogens is 2. The van der Waals surface area contributed by atoms with Gasteiger partial charge in [-0.05, 0) is 38.0 Å². The average molecular weight is 371 g/mol. The van der Waals surface area contributed by atoms with Gasteiger partial charge >= 0.3 is 0 Å². The van der Waals surface area contributed by atoms with Crippen molar-refractivity contribution in [2.24, 2.45) is 11.7 Å². The molecule has 0 bridgehead atoms. The van der Waals surface area contributed by atoms with Crippen LogP contribution in [-0.2, 0) is 0 Å². The van der Waals surface area contributed by atoms with E-state index in [1.807, 2.05) is 39.8 Å². The Morgan fingerprint density at radius 2 is 2.12 bits per heavy atom. The Morgan fingerprint density at radius 1 is 1.46 bits per heavy atom. The van der Waals surface area contributed by atoms with E-state index in [4.69, 9.17) is 17.3 Å². The molecule has 0 fully saturated rings. The molecule has 5 nitrogen and oxygen atoms in total. The van der Waals surface area contributed by atoms with Gasteiger partial charge in [-0.15, -0.1) is 12.4 Å². The lowest BCUT2D eigenvalue weighted by Gasteiger charge is -2.33. The standard InChI is InChI=1S/C17H23ClN4O.ClH/c1-11(2)17(4,10-19)21-16(23)15-9-20-22(12(15)3)14-7-5-6-13(18)8-14;/h5-9,11H,10,19H2,1-4H3,(H,21,23);1H. The van der Waals surface area contributed by atoms with Crippen LogP contribution in [0.1, 0.15) is 36.8 Å². The van der Waals surface area contributed by atoms with Crippen LogP contribution in [0.4, 0.5) is 0 Å². The third kappa shape index (κ3) is 4.09. The van der Waals surface area contributed by atoms with Gasteiger partial charge in [0.05, 0.1) is 28.7 Å². The molecule has 1 heterocycles. The Kier molecular flexibility index (Phi) is 6.84. The second-order valence-electron chi connectivity index (χ2n) is 6.27. The van der Waals surface area contributed by atoms with Crippen molar-refractivity contribution in [2.75, 3.05) is 6.54 Å². The largest absolute Gasteiger partial charge is 0.345 e. The summed E-state index contributed by atoms with van der Waals surface area (Å²) in [4.78, 5) is 12.6. The number of benzene rings is 1. The number of amides is 1. The molecule has 0 aliphatic heterocycles. The van der Waals surface area contributed by atoms with E-state index >= 15 is 0 Å². The Hall–Kier alpha value is -1.56. The van der Waals surface area contributed by atoms with E-state index in [0.717, 1.165) is 11.4 Å². The van der Waals surface area contributed by atoms with Crippen molar-refractivity contribution in [1.29, 1.82) is 0 Å². The van der Waals surface area contributed by atoms with Gasteiger partial charge in [-0.3, -0.25) is 4.79 Å². The minimum atomic E-state index is -0.457. The molecule has 2 aromatic rings. The van der Waals surface area contributed by atoms with Gasteiger partial charge in [-0.2, -0.15) is 5.10 Å². The number of nitrogens with one attached hydrogen (secondary N) is 1. The molecular formula is C17H24Cl2N4O. The summed E-state index contributed by atoms with van der Waals surface area (Å²) >= 11 is 6.02. The number of nitrogens with two attached hydrogens (primary N) is 1. The van der Waals surface area contributed by atoms with Crippen LogP contribution in [0, 0.1) is 12.8 Å². The zero-order chi connectivity index (χ0) is 17.2. The number of hydrogen-bond acceptors (Lipinski definition) is 3. The van der Waals surface area contributed by atoms with E-state index in [2.05, 4.69) is 10.4 Å². The number of carbonyl (C=O) groups is 1. The molecule has 0 radical (unpaired) electrons. The fraction of sp³-hybridized carbons (Fsp3) is 0.412. The second-order valence-corrected chi connectivity index (χ2v) is 6.70. The van der Waals surface area contributed by atoms with Crippen LogP contribution in [0.2, 0.25) is 5.02 Å². The van der Waals surface area contributed by atoms with E-state index in [1.54, 1.807) is 23.0 Å². The first kappa shape index (κ1) is 20.5. The molecule has 3 N–H and O–H groups in total. The predicted octanol–water partition coefficient (Wildman–Crippen LogP) is 3.36. The SMILES string of the molecule is Cc1c(C(=O)NC(C)(CN)C(C)C)cnn1-c1cccc(Cl)c1.Cl. The van der Waals surface area contributed by atoms with Crippen molar-refractivity contribution in [1.82, 2.24) is 15.1 Å². The van der Waals surface area contributed by atoms with E-state index in [-0.39, 0.29) is 24.2 Å². The van der Waals surface area contributed by atoms with Crippen LogP contribution in [-0.4, -0.2) is 27.8 Å². The van der Waals surface area contributed by atoms with E-state index in [0.29, 0.717) is 17.1 Å². The molecule has 1 aromatic heterocycles. The van der Waals surface area contributed by atoms with Crippen molar-refractivity contribution in [3.05, 3.63) is 46.7 Å². The van der Waals surface area contributed by atoms with Crippen molar-refractivity contribution < 1.29 is 4.79 Å². The third-order valence-electron chi connectivity index (χ3n) is 4.40. The number of hydrogen-bond donors (Lipinski definition) is 2. The molecule has 0 saturated carbocycles. The molecule has 1 aromatic carbocycles. The van der Waals surface area contributed by atoms with Crippen LogP contribution < -0.4 is 11.1 Å². The molecule has 132 valence electrons. The number of halogens is 2. The molecule has 0 aliphatic rings. The fourth-order valence-electron chi connectivity index (χ4n) is 2.26. The summed E-state index contributed by atoms with van der Waals surface area (Å²) in [6, 6.07) is 7.35. The number of carbonyl (C=O) groups excluding carboxylic acids is 1. The summed E-state index contributed by atoms with van der Waals surface area (Å²) in [5, 5.41) is 7.97. The summed E-state index contributed by atoms with van der Waals surface area (Å²) in [6.45, 7) is 8.26. The Morgan fingerprint density at radius 3 is 2.67 bits per heavy atom. The first-order valence-corrected chi connectivity index (χ1v) is 7.99.